The van der Waals surface area contributed by atoms with Crippen molar-refractivity contribution in [1.29, 1.82) is 0 Å². The molecule has 0 aliphatic carbocycles. The van der Waals surface area contributed by atoms with Gasteiger partial charge in [-0.15, -0.1) is 11.3 Å². The Bertz CT molecular complexity index is 2040. The van der Waals surface area contributed by atoms with Crippen LogP contribution in [0.1, 0.15) is 31.9 Å². The molecule has 0 fully saturated rings. The van der Waals surface area contributed by atoms with Crippen LogP contribution in [0, 0.1) is 0 Å². The summed E-state index contributed by atoms with van der Waals surface area (Å²) in [6.07, 6.45) is 4.40. The summed E-state index contributed by atoms with van der Waals surface area (Å²) in [6.45, 7) is 7.77. The van der Waals surface area contributed by atoms with E-state index in [4.69, 9.17) is 0 Å². The molecule has 0 unspecified atom stereocenters. The standard InChI is InChI=1S/C39H32N2S/c1-39(2,3)29-14-16-36-33(23-29)31-11-4-5-12-32(31)34-24-38-28(17-19-42-38)22-37(34)41(36)30-10-6-8-25(21-30)26-13-15-35-27(20-26)9-7-18-40-35/h4-17,19-24,40H,18H2,1-3H3. The molecule has 0 amide bonds. The van der Waals surface area contributed by atoms with E-state index in [0.29, 0.717) is 0 Å². The Balaban J connectivity index is 1.40. The molecule has 2 aliphatic rings. The molecule has 204 valence electrons. The van der Waals surface area contributed by atoms with Crippen LogP contribution in [0.4, 0.5) is 22.7 Å². The first-order valence-electron chi connectivity index (χ1n) is 14.6. The van der Waals surface area contributed by atoms with Crippen molar-refractivity contribution in [1.82, 2.24) is 0 Å². The van der Waals surface area contributed by atoms with E-state index in [9.17, 15) is 0 Å². The topological polar surface area (TPSA) is 15.3 Å². The van der Waals surface area contributed by atoms with E-state index < -0.39 is 0 Å². The summed E-state index contributed by atoms with van der Waals surface area (Å²) in [5.74, 6) is 0. The lowest BCUT2D eigenvalue weighted by molar-refractivity contribution is 0.590. The molecule has 0 saturated carbocycles. The molecule has 1 aromatic heterocycles. The molecular weight excluding hydrogens is 529 g/mol. The molecule has 0 spiro atoms. The molecule has 3 heterocycles. The Kier molecular flexibility index (Phi) is 5.67. The van der Waals surface area contributed by atoms with Crippen molar-refractivity contribution in [3.05, 3.63) is 126 Å². The maximum Gasteiger partial charge on any atom is 0.0547 e. The van der Waals surface area contributed by atoms with E-state index in [-0.39, 0.29) is 5.41 Å². The van der Waals surface area contributed by atoms with Gasteiger partial charge in [0.1, 0.15) is 0 Å². The summed E-state index contributed by atoms with van der Waals surface area (Å²) in [7, 11) is 0. The average Bonchev–Trinajstić information content (AvgIpc) is 3.44. The Morgan fingerprint density at radius 1 is 0.690 bits per heavy atom. The number of hydrogen-bond acceptors (Lipinski definition) is 3. The first-order valence-corrected chi connectivity index (χ1v) is 15.5. The summed E-state index contributed by atoms with van der Waals surface area (Å²) in [5, 5.41) is 6.95. The van der Waals surface area contributed by atoms with Gasteiger partial charge < -0.3 is 10.2 Å². The molecule has 5 aromatic carbocycles. The first kappa shape index (κ1) is 25.1. The molecule has 6 aromatic rings. The second-order valence-electron chi connectivity index (χ2n) is 12.3. The summed E-state index contributed by atoms with van der Waals surface area (Å²) in [6, 6.07) is 38.8. The van der Waals surface area contributed by atoms with E-state index >= 15 is 0 Å². The minimum atomic E-state index is 0.0479. The number of hydrogen-bond donors (Lipinski definition) is 1. The Labute approximate surface area is 251 Å². The number of thiophene rings is 1. The zero-order valence-corrected chi connectivity index (χ0v) is 24.9. The zero-order valence-electron chi connectivity index (χ0n) is 24.1. The second-order valence-corrected chi connectivity index (χ2v) is 13.3. The van der Waals surface area contributed by atoms with Crippen molar-refractivity contribution in [3.63, 3.8) is 0 Å². The Morgan fingerprint density at radius 2 is 1.50 bits per heavy atom. The number of benzene rings is 5. The first-order chi connectivity index (χ1) is 20.4. The van der Waals surface area contributed by atoms with Gasteiger partial charge in [-0.1, -0.05) is 81.5 Å². The lowest BCUT2D eigenvalue weighted by Gasteiger charge is -2.29. The minimum absolute atomic E-state index is 0.0479. The van der Waals surface area contributed by atoms with Crippen LogP contribution in [0.2, 0.25) is 0 Å². The summed E-state index contributed by atoms with van der Waals surface area (Å²) in [5.41, 5.74) is 14.9. The number of nitrogens with zero attached hydrogens (tertiary/aromatic N) is 1. The predicted octanol–water partition coefficient (Wildman–Crippen LogP) is 11.4. The lowest BCUT2D eigenvalue weighted by Crippen LogP contribution is -2.14. The quantitative estimate of drug-likeness (QED) is 0.226. The highest BCUT2D eigenvalue weighted by Crippen LogP contribution is 2.53. The maximum atomic E-state index is 3.48. The van der Waals surface area contributed by atoms with Crippen LogP contribution in [0.15, 0.2) is 115 Å². The van der Waals surface area contributed by atoms with Gasteiger partial charge in [0.25, 0.3) is 0 Å². The highest BCUT2D eigenvalue weighted by Gasteiger charge is 2.28. The number of anilines is 4. The van der Waals surface area contributed by atoms with Crippen molar-refractivity contribution in [3.8, 4) is 33.4 Å². The van der Waals surface area contributed by atoms with Crippen LogP contribution in [-0.2, 0) is 5.41 Å². The van der Waals surface area contributed by atoms with Crippen molar-refractivity contribution in [2.24, 2.45) is 0 Å². The molecule has 42 heavy (non-hydrogen) atoms. The van der Waals surface area contributed by atoms with Crippen LogP contribution in [0.25, 0.3) is 49.5 Å². The van der Waals surface area contributed by atoms with Gasteiger partial charge >= 0.3 is 0 Å². The van der Waals surface area contributed by atoms with Gasteiger partial charge in [-0.3, -0.25) is 0 Å². The van der Waals surface area contributed by atoms with Gasteiger partial charge in [0, 0.05) is 33.7 Å². The highest BCUT2D eigenvalue weighted by molar-refractivity contribution is 7.17. The average molecular weight is 561 g/mol. The number of fused-ring (bicyclic) bond motifs is 7. The third-order valence-corrected chi connectivity index (χ3v) is 9.50. The monoisotopic (exact) mass is 560 g/mol. The van der Waals surface area contributed by atoms with E-state index in [1.165, 1.54) is 71.7 Å². The van der Waals surface area contributed by atoms with Gasteiger partial charge in [0.2, 0.25) is 0 Å². The van der Waals surface area contributed by atoms with Gasteiger partial charge in [-0.2, -0.15) is 0 Å². The van der Waals surface area contributed by atoms with E-state index in [2.05, 4.69) is 152 Å². The van der Waals surface area contributed by atoms with Crippen LogP contribution >= 0.6 is 11.3 Å². The second kappa shape index (κ2) is 9.47. The largest absolute Gasteiger partial charge is 0.381 e. The third-order valence-electron chi connectivity index (χ3n) is 8.62. The Hall–Kier alpha value is -4.60. The van der Waals surface area contributed by atoms with Gasteiger partial charge in [-0.25, -0.2) is 0 Å². The van der Waals surface area contributed by atoms with Crippen molar-refractivity contribution in [2.75, 3.05) is 16.8 Å². The van der Waals surface area contributed by atoms with Crippen LogP contribution in [0.5, 0.6) is 0 Å². The normalized spacial score (nSPS) is 13.5. The fraction of sp³-hybridized carbons (Fsp3) is 0.128. The van der Waals surface area contributed by atoms with Crippen molar-refractivity contribution < 1.29 is 0 Å². The van der Waals surface area contributed by atoms with Crippen LogP contribution in [-0.4, -0.2) is 6.54 Å². The number of rotatable bonds is 2. The molecule has 1 N–H and O–H groups in total. The van der Waals surface area contributed by atoms with Crippen molar-refractivity contribution in [2.45, 2.75) is 26.2 Å². The molecule has 2 aliphatic heterocycles. The lowest BCUT2D eigenvalue weighted by atomic mass is 9.84. The van der Waals surface area contributed by atoms with E-state index in [0.717, 1.165) is 12.2 Å². The third kappa shape index (κ3) is 4.07. The maximum absolute atomic E-state index is 3.48. The van der Waals surface area contributed by atoms with Gasteiger partial charge in [0.05, 0.1) is 11.4 Å². The van der Waals surface area contributed by atoms with Crippen LogP contribution < -0.4 is 10.2 Å². The minimum Gasteiger partial charge on any atom is -0.381 e. The molecule has 0 bridgehead atoms. The van der Waals surface area contributed by atoms with Gasteiger partial charge in [0.15, 0.2) is 0 Å². The smallest absolute Gasteiger partial charge is 0.0547 e. The fourth-order valence-electron chi connectivity index (χ4n) is 6.39. The summed E-state index contributed by atoms with van der Waals surface area (Å²) in [4.78, 5) is 2.48. The Morgan fingerprint density at radius 3 is 2.33 bits per heavy atom. The molecule has 8 rings (SSSR count). The van der Waals surface area contributed by atoms with E-state index in [1.807, 2.05) is 11.3 Å². The molecular formula is C39H32N2S. The zero-order chi connectivity index (χ0) is 28.4. The summed E-state index contributed by atoms with van der Waals surface area (Å²) < 4.78 is 1.31. The fourth-order valence-corrected chi connectivity index (χ4v) is 7.20. The summed E-state index contributed by atoms with van der Waals surface area (Å²) >= 11 is 1.81. The molecule has 2 nitrogen and oxygen atoms in total. The highest BCUT2D eigenvalue weighted by atomic mass is 32.1. The van der Waals surface area contributed by atoms with Crippen molar-refractivity contribution >= 4 is 50.2 Å². The molecule has 0 atom stereocenters. The molecule has 3 heteroatoms. The molecule has 0 saturated heterocycles. The van der Waals surface area contributed by atoms with Crippen LogP contribution in [0.3, 0.4) is 0 Å². The van der Waals surface area contributed by atoms with E-state index in [1.54, 1.807) is 0 Å². The van der Waals surface area contributed by atoms with Gasteiger partial charge in [-0.05, 0) is 104 Å². The predicted molar refractivity (Wildman–Crippen MR) is 183 cm³/mol. The molecule has 0 radical (unpaired) electrons. The number of nitrogens with one attached hydrogen (secondary N) is 1. The SMILES string of the molecule is CC(C)(C)c1ccc2c(c1)-c1ccccc1-c1cc3sccc3cc1N2c1cccc(-c2ccc3c(c2)C=CCN3)c1.